The Balaban J connectivity index is 3.09. The summed E-state index contributed by atoms with van der Waals surface area (Å²) in [6.07, 6.45) is 22.6. The molecular weight excluding hydrogens is 192 g/mol. The molecule has 0 atom stereocenters. The van der Waals surface area contributed by atoms with Crippen LogP contribution < -0.4 is 0 Å². The summed E-state index contributed by atoms with van der Waals surface area (Å²) in [6.45, 7) is 5.91. The maximum atomic E-state index is 3.65. The third-order valence-corrected chi connectivity index (χ3v) is 2.65. The van der Waals surface area contributed by atoms with Gasteiger partial charge < -0.3 is 0 Å². The minimum Gasteiger partial charge on any atom is -0.0991 e. The number of hydrogen-bond donors (Lipinski definition) is 0. The van der Waals surface area contributed by atoms with Crippen molar-refractivity contribution in [2.24, 2.45) is 0 Å². The highest BCUT2D eigenvalue weighted by Crippen LogP contribution is 2.06. The molecule has 0 aliphatic heterocycles. The first-order valence-electron chi connectivity index (χ1n) is 6.84. The molecule has 16 heavy (non-hydrogen) atoms. The topological polar surface area (TPSA) is 0 Å². The summed E-state index contributed by atoms with van der Waals surface area (Å²) in [5.41, 5.74) is 0. The van der Waals surface area contributed by atoms with Gasteiger partial charge in [-0.05, 0) is 32.1 Å². The number of rotatable bonds is 11. The Morgan fingerprint density at radius 2 is 1.38 bits per heavy atom. The van der Waals surface area contributed by atoms with E-state index < -0.39 is 0 Å². The fourth-order valence-corrected chi connectivity index (χ4v) is 1.65. The van der Waals surface area contributed by atoms with Crippen molar-refractivity contribution >= 4 is 0 Å². The zero-order chi connectivity index (χ0) is 11.9. The number of allylic oxidation sites excluding steroid dienone is 5. The third kappa shape index (κ3) is 13.2. The van der Waals surface area contributed by atoms with Gasteiger partial charge in [0.15, 0.2) is 0 Å². The lowest BCUT2D eigenvalue weighted by Gasteiger charge is -1.96. The molecule has 0 nitrogen and oxygen atoms in total. The normalized spacial score (nSPS) is 11.6. The first-order chi connectivity index (χ1) is 7.91. The van der Waals surface area contributed by atoms with Crippen molar-refractivity contribution in [2.75, 3.05) is 0 Å². The van der Waals surface area contributed by atoms with Crippen molar-refractivity contribution in [3.8, 4) is 0 Å². The van der Waals surface area contributed by atoms with Gasteiger partial charge in [-0.25, -0.2) is 0 Å². The maximum absolute atomic E-state index is 3.65. The van der Waals surface area contributed by atoms with Gasteiger partial charge in [-0.1, -0.05) is 69.6 Å². The van der Waals surface area contributed by atoms with Crippen LogP contribution in [0.15, 0.2) is 37.0 Å². The van der Waals surface area contributed by atoms with Crippen LogP contribution in [0.1, 0.15) is 64.7 Å². The van der Waals surface area contributed by atoms with E-state index >= 15 is 0 Å². The van der Waals surface area contributed by atoms with E-state index in [2.05, 4.69) is 31.7 Å². The highest BCUT2D eigenvalue weighted by molar-refractivity contribution is 4.97. The molecule has 0 saturated carbocycles. The molecule has 0 aromatic rings. The van der Waals surface area contributed by atoms with Crippen LogP contribution in [-0.4, -0.2) is 0 Å². The van der Waals surface area contributed by atoms with Crippen LogP contribution in [0.5, 0.6) is 0 Å². The molecule has 0 aromatic carbocycles. The van der Waals surface area contributed by atoms with E-state index in [-0.39, 0.29) is 0 Å². The molecule has 0 radical (unpaired) electrons. The van der Waals surface area contributed by atoms with Gasteiger partial charge in [-0.2, -0.15) is 0 Å². The zero-order valence-corrected chi connectivity index (χ0v) is 11.0. The standard InChI is InChI=1S/C16H28/c1-3-5-7-9-11-13-15-16-14-12-10-8-6-4-2/h3,5,7,15-16H,1,4,6,8-14H2,2H3. The van der Waals surface area contributed by atoms with Crippen LogP contribution >= 0.6 is 0 Å². The molecule has 0 aliphatic carbocycles. The predicted molar refractivity (Wildman–Crippen MR) is 75.7 cm³/mol. The SMILES string of the molecule is C=CC=CCCCC=CCCCCCCC. The van der Waals surface area contributed by atoms with E-state index in [0.29, 0.717) is 0 Å². The Morgan fingerprint density at radius 3 is 2.06 bits per heavy atom. The van der Waals surface area contributed by atoms with E-state index in [1.165, 1.54) is 57.8 Å². The number of hydrogen-bond acceptors (Lipinski definition) is 0. The Morgan fingerprint density at radius 1 is 0.750 bits per heavy atom. The minimum atomic E-state index is 1.17. The molecule has 0 unspecified atom stereocenters. The second-order valence-electron chi connectivity index (χ2n) is 4.27. The fourth-order valence-electron chi connectivity index (χ4n) is 1.65. The first kappa shape index (κ1) is 15.2. The maximum Gasteiger partial charge on any atom is -0.0345 e. The van der Waals surface area contributed by atoms with Gasteiger partial charge in [-0.15, -0.1) is 0 Å². The summed E-state index contributed by atoms with van der Waals surface area (Å²) < 4.78 is 0. The number of unbranched alkanes of at least 4 members (excludes halogenated alkanes) is 7. The highest BCUT2D eigenvalue weighted by atomic mass is 13.9. The highest BCUT2D eigenvalue weighted by Gasteiger charge is 1.86. The summed E-state index contributed by atoms with van der Waals surface area (Å²) in [5.74, 6) is 0. The Kier molecular flexibility index (Phi) is 13.5. The molecule has 0 N–H and O–H groups in total. The summed E-state index contributed by atoms with van der Waals surface area (Å²) in [5, 5.41) is 0. The van der Waals surface area contributed by atoms with Gasteiger partial charge in [0.2, 0.25) is 0 Å². The molecule has 0 aromatic heterocycles. The van der Waals surface area contributed by atoms with Gasteiger partial charge >= 0.3 is 0 Å². The van der Waals surface area contributed by atoms with Crippen molar-refractivity contribution in [3.63, 3.8) is 0 Å². The molecule has 0 spiro atoms. The van der Waals surface area contributed by atoms with Crippen LogP contribution in [0.4, 0.5) is 0 Å². The first-order valence-corrected chi connectivity index (χ1v) is 6.84. The largest absolute Gasteiger partial charge is 0.0991 e. The lowest BCUT2D eigenvalue weighted by molar-refractivity contribution is 0.637. The summed E-state index contributed by atoms with van der Waals surface area (Å²) in [4.78, 5) is 0. The molecule has 0 heterocycles. The van der Waals surface area contributed by atoms with Crippen LogP contribution in [0.25, 0.3) is 0 Å². The lowest BCUT2D eigenvalue weighted by Crippen LogP contribution is -1.76. The van der Waals surface area contributed by atoms with Crippen LogP contribution in [0.2, 0.25) is 0 Å². The molecular formula is C16H28. The molecule has 0 rings (SSSR count). The van der Waals surface area contributed by atoms with Crippen molar-refractivity contribution in [1.82, 2.24) is 0 Å². The molecule has 92 valence electrons. The van der Waals surface area contributed by atoms with Crippen LogP contribution in [0.3, 0.4) is 0 Å². The fraction of sp³-hybridized carbons (Fsp3) is 0.625. The quantitative estimate of drug-likeness (QED) is 0.234. The monoisotopic (exact) mass is 220 g/mol. The average molecular weight is 220 g/mol. The van der Waals surface area contributed by atoms with Crippen molar-refractivity contribution < 1.29 is 0 Å². The van der Waals surface area contributed by atoms with E-state index in [4.69, 9.17) is 0 Å². The second-order valence-corrected chi connectivity index (χ2v) is 4.27. The van der Waals surface area contributed by atoms with Gasteiger partial charge in [0.05, 0.1) is 0 Å². The van der Waals surface area contributed by atoms with E-state index in [9.17, 15) is 0 Å². The molecule has 0 heteroatoms. The predicted octanol–water partition coefficient (Wildman–Crippen LogP) is 5.82. The van der Waals surface area contributed by atoms with Crippen molar-refractivity contribution in [2.45, 2.75) is 64.7 Å². The average Bonchev–Trinajstić information content (AvgIpc) is 2.31. The van der Waals surface area contributed by atoms with E-state index in [1.54, 1.807) is 0 Å². The summed E-state index contributed by atoms with van der Waals surface area (Å²) >= 11 is 0. The van der Waals surface area contributed by atoms with Gasteiger partial charge in [-0.3, -0.25) is 0 Å². The Bertz CT molecular complexity index is 186. The Labute approximate surface area is 102 Å². The van der Waals surface area contributed by atoms with E-state index in [0.717, 1.165) is 0 Å². The van der Waals surface area contributed by atoms with E-state index in [1.807, 2.05) is 12.2 Å². The van der Waals surface area contributed by atoms with Crippen molar-refractivity contribution in [1.29, 1.82) is 0 Å². The second kappa shape index (κ2) is 14.2. The van der Waals surface area contributed by atoms with Gasteiger partial charge in [0.25, 0.3) is 0 Å². The molecule has 0 bridgehead atoms. The smallest absolute Gasteiger partial charge is 0.0345 e. The summed E-state index contributed by atoms with van der Waals surface area (Å²) in [7, 11) is 0. The molecule has 0 amide bonds. The Hall–Kier alpha value is -0.780. The minimum absolute atomic E-state index is 1.17. The molecule has 0 saturated heterocycles. The third-order valence-electron chi connectivity index (χ3n) is 2.65. The molecule has 0 aliphatic rings. The van der Waals surface area contributed by atoms with Crippen LogP contribution in [-0.2, 0) is 0 Å². The van der Waals surface area contributed by atoms with Crippen molar-refractivity contribution in [3.05, 3.63) is 37.0 Å². The van der Waals surface area contributed by atoms with Crippen LogP contribution in [0, 0.1) is 0 Å². The zero-order valence-electron chi connectivity index (χ0n) is 11.0. The van der Waals surface area contributed by atoms with Gasteiger partial charge in [0.1, 0.15) is 0 Å². The summed E-state index contributed by atoms with van der Waals surface area (Å²) in [6, 6.07) is 0. The molecule has 0 fully saturated rings. The van der Waals surface area contributed by atoms with Gasteiger partial charge in [0, 0.05) is 0 Å². The lowest BCUT2D eigenvalue weighted by atomic mass is 10.1.